The Labute approximate surface area is 97.8 Å². The van der Waals surface area contributed by atoms with Gasteiger partial charge in [0.25, 0.3) is 0 Å². The van der Waals surface area contributed by atoms with Crippen molar-refractivity contribution < 1.29 is 8.78 Å². The topological polar surface area (TPSA) is 38.0 Å². The molecule has 0 aromatic heterocycles. The van der Waals surface area contributed by atoms with Crippen LogP contribution in [0.4, 0.5) is 8.78 Å². The molecule has 1 heterocycles. The van der Waals surface area contributed by atoms with E-state index in [-0.39, 0.29) is 11.6 Å². The SMILES string of the molecule is N[C@@H](c1ccc(F)c(Cl)c1)[C@@]1(F)CCNC1. The molecular weight excluding hydrogens is 234 g/mol. The van der Waals surface area contributed by atoms with Gasteiger partial charge in [0.05, 0.1) is 11.1 Å². The van der Waals surface area contributed by atoms with Gasteiger partial charge >= 0.3 is 0 Å². The van der Waals surface area contributed by atoms with E-state index in [1.165, 1.54) is 18.2 Å². The van der Waals surface area contributed by atoms with E-state index < -0.39 is 17.5 Å². The first-order valence-electron chi connectivity index (χ1n) is 5.13. The van der Waals surface area contributed by atoms with Crippen molar-refractivity contribution in [1.29, 1.82) is 0 Å². The van der Waals surface area contributed by atoms with E-state index in [0.717, 1.165) is 0 Å². The van der Waals surface area contributed by atoms with Gasteiger partial charge in [-0.2, -0.15) is 0 Å². The number of nitrogens with two attached hydrogens (primary N) is 1. The van der Waals surface area contributed by atoms with Crippen molar-refractivity contribution in [3.05, 3.63) is 34.6 Å². The van der Waals surface area contributed by atoms with Crippen LogP contribution in [0.5, 0.6) is 0 Å². The maximum atomic E-state index is 14.3. The third kappa shape index (κ3) is 2.05. The number of rotatable bonds is 2. The van der Waals surface area contributed by atoms with Gasteiger partial charge in [-0.25, -0.2) is 8.78 Å². The molecule has 2 atom stereocenters. The lowest BCUT2D eigenvalue weighted by atomic mass is 9.90. The van der Waals surface area contributed by atoms with E-state index in [2.05, 4.69) is 5.32 Å². The van der Waals surface area contributed by atoms with Crippen LogP contribution in [-0.2, 0) is 0 Å². The molecule has 5 heteroatoms. The number of nitrogens with one attached hydrogen (secondary N) is 1. The summed E-state index contributed by atoms with van der Waals surface area (Å²) in [6.07, 6.45) is 0.364. The second-order valence-electron chi connectivity index (χ2n) is 4.11. The fourth-order valence-electron chi connectivity index (χ4n) is 1.95. The highest BCUT2D eigenvalue weighted by atomic mass is 35.5. The molecule has 1 aliphatic rings. The monoisotopic (exact) mass is 246 g/mol. The van der Waals surface area contributed by atoms with Crippen LogP contribution in [0.15, 0.2) is 18.2 Å². The molecule has 1 saturated heterocycles. The summed E-state index contributed by atoms with van der Waals surface area (Å²) in [6.45, 7) is 0.836. The summed E-state index contributed by atoms with van der Waals surface area (Å²) in [6, 6.07) is 3.30. The van der Waals surface area contributed by atoms with Crippen LogP contribution in [0.2, 0.25) is 5.02 Å². The van der Waals surface area contributed by atoms with Crippen molar-refractivity contribution in [2.75, 3.05) is 13.1 Å². The van der Waals surface area contributed by atoms with Crippen LogP contribution in [0.25, 0.3) is 0 Å². The van der Waals surface area contributed by atoms with E-state index in [0.29, 0.717) is 18.5 Å². The number of halogens is 3. The summed E-state index contributed by atoms with van der Waals surface area (Å²) in [4.78, 5) is 0. The zero-order valence-corrected chi connectivity index (χ0v) is 9.40. The highest BCUT2D eigenvalue weighted by Crippen LogP contribution is 2.34. The van der Waals surface area contributed by atoms with Crippen LogP contribution < -0.4 is 11.1 Å². The fraction of sp³-hybridized carbons (Fsp3) is 0.455. The summed E-state index contributed by atoms with van der Waals surface area (Å²) in [5.74, 6) is -0.518. The molecular formula is C11H13ClF2N2. The van der Waals surface area contributed by atoms with Crippen molar-refractivity contribution in [2.45, 2.75) is 18.1 Å². The lowest BCUT2D eigenvalue weighted by Crippen LogP contribution is -2.39. The van der Waals surface area contributed by atoms with E-state index in [1.54, 1.807) is 0 Å². The summed E-state index contributed by atoms with van der Waals surface area (Å²) in [5.41, 5.74) is 4.91. The average Bonchev–Trinajstić information content (AvgIpc) is 2.70. The zero-order chi connectivity index (χ0) is 11.8. The maximum Gasteiger partial charge on any atom is 0.143 e. The average molecular weight is 247 g/mol. The highest BCUT2D eigenvalue weighted by Gasteiger charge is 2.40. The van der Waals surface area contributed by atoms with Crippen LogP contribution in [0, 0.1) is 5.82 Å². The molecule has 1 aromatic rings. The van der Waals surface area contributed by atoms with Crippen LogP contribution in [0.3, 0.4) is 0 Å². The third-order valence-electron chi connectivity index (χ3n) is 3.00. The van der Waals surface area contributed by atoms with E-state index in [1.807, 2.05) is 0 Å². The first-order chi connectivity index (χ1) is 7.53. The van der Waals surface area contributed by atoms with Crippen molar-refractivity contribution in [1.82, 2.24) is 5.32 Å². The molecule has 0 unspecified atom stereocenters. The van der Waals surface area contributed by atoms with Crippen molar-refractivity contribution >= 4 is 11.6 Å². The van der Waals surface area contributed by atoms with Gasteiger partial charge in [0.15, 0.2) is 0 Å². The quantitative estimate of drug-likeness (QED) is 0.840. The third-order valence-corrected chi connectivity index (χ3v) is 3.29. The Kier molecular flexibility index (Phi) is 3.15. The summed E-state index contributed by atoms with van der Waals surface area (Å²) in [7, 11) is 0. The van der Waals surface area contributed by atoms with Gasteiger partial charge in [-0.15, -0.1) is 0 Å². The largest absolute Gasteiger partial charge is 0.321 e. The molecule has 1 aliphatic heterocycles. The molecule has 0 aliphatic carbocycles. The van der Waals surface area contributed by atoms with Gasteiger partial charge in [0.2, 0.25) is 0 Å². The first-order valence-corrected chi connectivity index (χ1v) is 5.51. The van der Waals surface area contributed by atoms with Crippen molar-refractivity contribution in [3.63, 3.8) is 0 Å². The summed E-state index contributed by atoms with van der Waals surface area (Å²) in [5, 5.41) is 2.90. The van der Waals surface area contributed by atoms with Gasteiger partial charge in [0, 0.05) is 6.54 Å². The second kappa shape index (κ2) is 4.28. The lowest BCUT2D eigenvalue weighted by molar-refractivity contribution is 0.150. The molecule has 2 rings (SSSR count). The summed E-state index contributed by atoms with van der Waals surface area (Å²) < 4.78 is 27.3. The van der Waals surface area contributed by atoms with Gasteiger partial charge in [-0.3, -0.25) is 0 Å². The Balaban J connectivity index is 2.26. The minimum atomic E-state index is -1.47. The molecule has 0 bridgehead atoms. The fourth-order valence-corrected chi connectivity index (χ4v) is 2.14. The number of hydrogen-bond acceptors (Lipinski definition) is 2. The molecule has 2 nitrogen and oxygen atoms in total. The Morgan fingerprint density at radius 1 is 1.50 bits per heavy atom. The minimum absolute atomic E-state index is 0.0255. The second-order valence-corrected chi connectivity index (χ2v) is 4.52. The predicted molar refractivity (Wildman–Crippen MR) is 59.7 cm³/mol. The van der Waals surface area contributed by atoms with Crippen LogP contribution in [0.1, 0.15) is 18.0 Å². The molecule has 16 heavy (non-hydrogen) atoms. The standard InChI is InChI=1S/C11H13ClF2N2/c12-8-5-7(1-2-9(8)13)10(15)11(14)3-4-16-6-11/h1-2,5,10,16H,3-4,6,15H2/t10-,11+/m0/s1. The minimum Gasteiger partial charge on any atom is -0.321 e. The highest BCUT2D eigenvalue weighted by molar-refractivity contribution is 6.30. The van der Waals surface area contributed by atoms with E-state index >= 15 is 0 Å². The number of benzene rings is 1. The van der Waals surface area contributed by atoms with E-state index in [9.17, 15) is 8.78 Å². The van der Waals surface area contributed by atoms with Crippen LogP contribution >= 0.6 is 11.6 Å². The van der Waals surface area contributed by atoms with Gasteiger partial charge in [0.1, 0.15) is 11.5 Å². The number of hydrogen-bond donors (Lipinski definition) is 2. The smallest absolute Gasteiger partial charge is 0.143 e. The molecule has 0 saturated carbocycles. The molecule has 1 fully saturated rings. The lowest BCUT2D eigenvalue weighted by Gasteiger charge is -2.26. The van der Waals surface area contributed by atoms with Gasteiger partial charge in [-0.1, -0.05) is 17.7 Å². The molecule has 0 spiro atoms. The Bertz CT molecular complexity index is 392. The Morgan fingerprint density at radius 3 is 2.81 bits per heavy atom. The van der Waals surface area contributed by atoms with Gasteiger partial charge < -0.3 is 11.1 Å². The molecule has 3 N–H and O–H groups in total. The molecule has 1 aromatic carbocycles. The van der Waals surface area contributed by atoms with Crippen LogP contribution in [-0.4, -0.2) is 18.8 Å². The number of alkyl halides is 1. The first kappa shape index (κ1) is 11.8. The Hall–Kier alpha value is -0.710. The van der Waals surface area contributed by atoms with Crippen molar-refractivity contribution in [2.24, 2.45) is 5.73 Å². The normalized spacial score (nSPS) is 27.0. The molecule has 0 amide bonds. The molecule has 0 radical (unpaired) electrons. The maximum absolute atomic E-state index is 14.3. The zero-order valence-electron chi connectivity index (χ0n) is 8.64. The Morgan fingerprint density at radius 2 is 2.25 bits per heavy atom. The van der Waals surface area contributed by atoms with E-state index in [4.69, 9.17) is 17.3 Å². The summed E-state index contributed by atoms with van der Waals surface area (Å²) >= 11 is 5.64. The molecule has 88 valence electrons. The predicted octanol–water partition coefficient (Wildman–Crippen LogP) is 2.18. The van der Waals surface area contributed by atoms with Gasteiger partial charge in [-0.05, 0) is 30.7 Å². The van der Waals surface area contributed by atoms with Crippen molar-refractivity contribution in [3.8, 4) is 0 Å².